The maximum Gasteiger partial charge on any atom is 0.0692 e. The molecule has 2 heteroatoms. The fraction of sp³-hybridized carbons (Fsp3) is 0.455. The number of thioether (sulfide) groups is 1. The van der Waals surface area contributed by atoms with E-state index in [1.807, 2.05) is 30.0 Å². The van der Waals surface area contributed by atoms with Gasteiger partial charge in [-0.3, -0.25) is 0 Å². The van der Waals surface area contributed by atoms with E-state index in [9.17, 15) is 0 Å². The molecule has 1 nitrogen and oxygen atoms in total. The van der Waals surface area contributed by atoms with Gasteiger partial charge in [-0.25, -0.2) is 0 Å². The third-order valence-electron chi connectivity index (χ3n) is 1.72. The molecule has 0 aliphatic carbocycles. The Morgan fingerprint density at radius 1 is 1.31 bits per heavy atom. The normalized spacial score (nSPS) is 10.8. The van der Waals surface area contributed by atoms with Crippen molar-refractivity contribution in [2.45, 2.75) is 25.3 Å². The quantitative estimate of drug-likeness (QED) is 0.747. The second-order valence-electron chi connectivity index (χ2n) is 3.47. The molecule has 1 aromatic rings. The summed E-state index contributed by atoms with van der Waals surface area (Å²) in [5.74, 6) is 1.80. The summed E-state index contributed by atoms with van der Waals surface area (Å²) in [5, 5.41) is 9.07. The molecule has 0 aliphatic heterocycles. The minimum absolute atomic E-state index is 0.140. The largest absolute Gasteiger partial charge is 0.392 e. The fourth-order valence-corrected chi connectivity index (χ4v) is 2.04. The van der Waals surface area contributed by atoms with Crippen LogP contribution in [0.3, 0.4) is 0 Å². The van der Waals surface area contributed by atoms with Crippen molar-refractivity contribution < 1.29 is 5.11 Å². The molecule has 0 unspecified atom stereocenters. The van der Waals surface area contributed by atoms with Gasteiger partial charge in [0, 0.05) is 10.6 Å². The fourth-order valence-electron chi connectivity index (χ4n) is 1.03. The average molecular weight is 196 g/mol. The zero-order valence-electron chi connectivity index (χ0n) is 8.16. The van der Waals surface area contributed by atoms with Crippen LogP contribution < -0.4 is 0 Å². The van der Waals surface area contributed by atoms with Crippen molar-refractivity contribution in [1.82, 2.24) is 0 Å². The van der Waals surface area contributed by atoms with E-state index in [4.69, 9.17) is 5.11 Å². The molecule has 1 rings (SSSR count). The van der Waals surface area contributed by atoms with Crippen LogP contribution >= 0.6 is 11.8 Å². The number of hydrogen-bond acceptors (Lipinski definition) is 2. The molecule has 0 radical (unpaired) electrons. The minimum Gasteiger partial charge on any atom is -0.392 e. The SMILES string of the molecule is CC(C)CSc1ccccc1CO. The highest BCUT2D eigenvalue weighted by atomic mass is 32.2. The lowest BCUT2D eigenvalue weighted by Gasteiger charge is -2.07. The number of benzene rings is 1. The second kappa shape index (κ2) is 5.30. The van der Waals surface area contributed by atoms with Crippen LogP contribution in [-0.4, -0.2) is 10.9 Å². The molecule has 72 valence electrons. The molecule has 0 spiro atoms. The van der Waals surface area contributed by atoms with Gasteiger partial charge in [0.1, 0.15) is 0 Å². The first kappa shape index (κ1) is 10.6. The number of aliphatic hydroxyl groups excluding tert-OH is 1. The molecule has 0 amide bonds. The predicted octanol–water partition coefficient (Wildman–Crippen LogP) is 2.93. The summed E-state index contributed by atoms with van der Waals surface area (Å²) in [4.78, 5) is 1.21. The Labute approximate surface area is 84.2 Å². The lowest BCUT2D eigenvalue weighted by molar-refractivity contribution is 0.279. The molecule has 0 aromatic heterocycles. The highest BCUT2D eigenvalue weighted by molar-refractivity contribution is 7.99. The van der Waals surface area contributed by atoms with Crippen molar-refractivity contribution in [3.8, 4) is 0 Å². The van der Waals surface area contributed by atoms with Crippen LogP contribution in [0.4, 0.5) is 0 Å². The maximum absolute atomic E-state index is 9.07. The Hall–Kier alpha value is -0.470. The standard InChI is InChI=1S/C11H16OS/c1-9(2)8-13-11-6-4-3-5-10(11)7-12/h3-6,9,12H,7-8H2,1-2H3. The molecule has 0 saturated carbocycles. The summed E-state index contributed by atoms with van der Waals surface area (Å²) in [6.45, 7) is 4.55. The van der Waals surface area contributed by atoms with Gasteiger partial charge in [-0.1, -0.05) is 32.0 Å². The molecule has 0 aliphatic rings. The van der Waals surface area contributed by atoms with Gasteiger partial charge in [0.05, 0.1) is 6.61 Å². The third-order valence-corrected chi connectivity index (χ3v) is 3.26. The first-order valence-electron chi connectivity index (χ1n) is 4.55. The van der Waals surface area contributed by atoms with Gasteiger partial charge in [0.2, 0.25) is 0 Å². The van der Waals surface area contributed by atoms with E-state index in [0.29, 0.717) is 5.92 Å². The van der Waals surface area contributed by atoms with Gasteiger partial charge >= 0.3 is 0 Å². The van der Waals surface area contributed by atoms with Crippen molar-refractivity contribution in [3.63, 3.8) is 0 Å². The van der Waals surface area contributed by atoms with E-state index in [-0.39, 0.29) is 6.61 Å². The van der Waals surface area contributed by atoms with Crippen molar-refractivity contribution in [1.29, 1.82) is 0 Å². The molecular weight excluding hydrogens is 180 g/mol. The van der Waals surface area contributed by atoms with Gasteiger partial charge < -0.3 is 5.11 Å². The molecule has 0 fully saturated rings. The molecule has 0 bridgehead atoms. The summed E-state index contributed by atoms with van der Waals surface area (Å²) < 4.78 is 0. The zero-order chi connectivity index (χ0) is 9.68. The Kier molecular flexibility index (Phi) is 4.33. The van der Waals surface area contributed by atoms with Crippen LogP contribution in [0.1, 0.15) is 19.4 Å². The van der Waals surface area contributed by atoms with Gasteiger partial charge in [-0.05, 0) is 17.5 Å². The number of hydrogen-bond donors (Lipinski definition) is 1. The third kappa shape index (κ3) is 3.41. The van der Waals surface area contributed by atoms with E-state index >= 15 is 0 Å². The summed E-state index contributed by atoms with van der Waals surface area (Å²) in [6, 6.07) is 8.02. The van der Waals surface area contributed by atoms with Crippen LogP contribution in [0.2, 0.25) is 0 Å². The molecule has 13 heavy (non-hydrogen) atoms. The van der Waals surface area contributed by atoms with Crippen molar-refractivity contribution in [2.24, 2.45) is 5.92 Å². The van der Waals surface area contributed by atoms with Crippen LogP contribution in [0.15, 0.2) is 29.2 Å². The van der Waals surface area contributed by atoms with Gasteiger partial charge in [-0.15, -0.1) is 11.8 Å². The minimum atomic E-state index is 0.140. The molecule has 0 heterocycles. The zero-order valence-corrected chi connectivity index (χ0v) is 8.97. The van der Waals surface area contributed by atoms with Crippen molar-refractivity contribution in [2.75, 3.05) is 5.75 Å². The number of aliphatic hydroxyl groups is 1. The summed E-state index contributed by atoms with van der Waals surface area (Å²) >= 11 is 1.82. The van der Waals surface area contributed by atoms with E-state index in [1.165, 1.54) is 4.90 Å². The first-order valence-corrected chi connectivity index (χ1v) is 5.54. The Balaban J connectivity index is 2.64. The summed E-state index contributed by atoms with van der Waals surface area (Å²) in [5.41, 5.74) is 1.04. The van der Waals surface area contributed by atoms with Crippen LogP contribution in [0.25, 0.3) is 0 Å². The van der Waals surface area contributed by atoms with E-state index in [2.05, 4.69) is 19.9 Å². The van der Waals surface area contributed by atoms with Crippen LogP contribution in [0.5, 0.6) is 0 Å². The highest BCUT2D eigenvalue weighted by Crippen LogP contribution is 2.24. The molecule has 0 saturated heterocycles. The van der Waals surface area contributed by atoms with Crippen molar-refractivity contribution in [3.05, 3.63) is 29.8 Å². The number of rotatable bonds is 4. The first-order chi connectivity index (χ1) is 6.24. The molecular formula is C11H16OS. The molecule has 1 aromatic carbocycles. The second-order valence-corrected chi connectivity index (χ2v) is 4.53. The van der Waals surface area contributed by atoms with Crippen LogP contribution in [0, 0.1) is 5.92 Å². The highest BCUT2D eigenvalue weighted by Gasteiger charge is 2.01. The predicted molar refractivity (Wildman–Crippen MR) is 57.9 cm³/mol. The monoisotopic (exact) mass is 196 g/mol. The topological polar surface area (TPSA) is 20.2 Å². The van der Waals surface area contributed by atoms with Crippen molar-refractivity contribution >= 4 is 11.8 Å². The van der Waals surface area contributed by atoms with Gasteiger partial charge in [0.25, 0.3) is 0 Å². The lowest BCUT2D eigenvalue weighted by Crippen LogP contribution is -1.93. The molecule has 0 atom stereocenters. The van der Waals surface area contributed by atoms with Crippen LogP contribution in [-0.2, 0) is 6.61 Å². The van der Waals surface area contributed by atoms with E-state index < -0.39 is 0 Å². The summed E-state index contributed by atoms with van der Waals surface area (Å²) in [7, 11) is 0. The smallest absolute Gasteiger partial charge is 0.0692 e. The Morgan fingerprint density at radius 2 is 2.00 bits per heavy atom. The Morgan fingerprint density at radius 3 is 2.62 bits per heavy atom. The lowest BCUT2D eigenvalue weighted by atomic mass is 10.2. The summed E-state index contributed by atoms with van der Waals surface area (Å²) in [6.07, 6.45) is 0. The Bertz CT molecular complexity index is 258. The van der Waals surface area contributed by atoms with E-state index in [1.54, 1.807) is 0 Å². The van der Waals surface area contributed by atoms with Gasteiger partial charge in [0.15, 0.2) is 0 Å². The average Bonchev–Trinajstić information content (AvgIpc) is 2.15. The van der Waals surface area contributed by atoms with E-state index in [0.717, 1.165) is 11.3 Å². The molecule has 1 N–H and O–H groups in total. The maximum atomic E-state index is 9.07. The van der Waals surface area contributed by atoms with Gasteiger partial charge in [-0.2, -0.15) is 0 Å².